The zero-order valence-corrected chi connectivity index (χ0v) is 19.6. The van der Waals surface area contributed by atoms with Crippen LogP contribution in [-0.2, 0) is 4.79 Å². The second kappa shape index (κ2) is 8.86. The SMILES string of the molecule is Cc1cccc(-n2c(SCC(=O)Nc3c(C)cccc3Cl)nc3ccsc3c2=O)c1C. The lowest BCUT2D eigenvalue weighted by Crippen LogP contribution is -2.23. The monoisotopic (exact) mass is 469 g/mol. The number of fused-ring (bicyclic) bond motifs is 1. The van der Waals surface area contributed by atoms with Crippen molar-refractivity contribution in [2.24, 2.45) is 0 Å². The van der Waals surface area contributed by atoms with Gasteiger partial charge in [-0.3, -0.25) is 14.2 Å². The second-order valence-electron chi connectivity index (χ2n) is 7.16. The van der Waals surface area contributed by atoms with Crippen molar-refractivity contribution in [3.63, 3.8) is 0 Å². The summed E-state index contributed by atoms with van der Waals surface area (Å²) < 4.78 is 2.21. The van der Waals surface area contributed by atoms with Crippen LogP contribution < -0.4 is 10.9 Å². The Morgan fingerprint density at radius 2 is 1.87 bits per heavy atom. The predicted octanol–water partition coefficient (Wildman–Crippen LogP) is 5.76. The Labute approximate surface area is 193 Å². The number of carbonyl (C=O) groups is 1. The highest BCUT2D eigenvalue weighted by molar-refractivity contribution is 7.99. The van der Waals surface area contributed by atoms with E-state index in [0.29, 0.717) is 26.1 Å². The average Bonchev–Trinajstić information content (AvgIpc) is 3.21. The van der Waals surface area contributed by atoms with Gasteiger partial charge in [0.1, 0.15) is 4.70 Å². The molecule has 2 aromatic heterocycles. The molecular formula is C23H20ClN3O2S2. The average molecular weight is 470 g/mol. The Bertz CT molecular complexity index is 1340. The minimum absolute atomic E-state index is 0.0949. The third-order valence-corrected chi connectivity index (χ3v) is 7.23. The standard InChI is InChI=1S/C23H20ClN3O2S2/c1-13-6-5-9-18(15(13)3)27-22(29)21-17(10-11-30-21)25-23(27)31-12-19(28)26-20-14(2)7-4-8-16(20)24/h4-11H,12H2,1-3H3,(H,26,28). The van der Waals surface area contributed by atoms with Crippen LogP contribution in [0.5, 0.6) is 0 Å². The van der Waals surface area contributed by atoms with Gasteiger partial charge in [-0.25, -0.2) is 4.98 Å². The van der Waals surface area contributed by atoms with Crippen LogP contribution in [0.25, 0.3) is 15.9 Å². The van der Waals surface area contributed by atoms with E-state index >= 15 is 0 Å². The van der Waals surface area contributed by atoms with Gasteiger partial charge in [-0.2, -0.15) is 0 Å². The lowest BCUT2D eigenvalue weighted by Gasteiger charge is -2.15. The fraction of sp³-hybridized carbons (Fsp3) is 0.174. The van der Waals surface area contributed by atoms with E-state index < -0.39 is 0 Å². The summed E-state index contributed by atoms with van der Waals surface area (Å²) in [5.74, 6) is -0.120. The van der Waals surface area contributed by atoms with Gasteiger partial charge in [0.15, 0.2) is 5.16 Å². The maximum atomic E-state index is 13.3. The molecule has 1 N–H and O–H groups in total. The van der Waals surface area contributed by atoms with Crippen LogP contribution in [0.15, 0.2) is 57.8 Å². The zero-order chi connectivity index (χ0) is 22.1. The first-order valence-electron chi connectivity index (χ1n) is 9.61. The molecule has 0 spiro atoms. The molecule has 0 aliphatic rings. The smallest absolute Gasteiger partial charge is 0.276 e. The van der Waals surface area contributed by atoms with Crippen molar-refractivity contribution in [2.45, 2.75) is 25.9 Å². The molecule has 0 saturated carbocycles. The van der Waals surface area contributed by atoms with E-state index in [1.54, 1.807) is 10.6 Å². The summed E-state index contributed by atoms with van der Waals surface area (Å²) >= 11 is 8.82. The predicted molar refractivity (Wildman–Crippen MR) is 130 cm³/mol. The summed E-state index contributed by atoms with van der Waals surface area (Å²) in [6, 6.07) is 13.1. The number of hydrogen-bond donors (Lipinski definition) is 1. The molecule has 4 rings (SSSR count). The van der Waals surface area contributed by atoms with Gasteiger partial charge in [0.2, 0.25) is 5.91 Å². The molecule has 0 fully saturated rings. The number of rotatable bonds is 5. The number of nitrogens with zero attached hydrogens (tertiary/aromatic N) is 2. The lowest BCUT2D eigenvalue weighted by atomic mass is 10.1. The molecule has 2 heterocycles. The molecule has 1 amide bonds. The molecule has 31 heavy (non-hydrogen) atoms. The van der Waals surface area contributed by atoms with Crippen molar-refractivity contribution < 1.29 is 4.79 Å². The zero-order valence-electron chi connectivity index (χ0n) is 17.2. The molecule has 0 bridgehead atoms. The van der Waals surface area contributed by atoms with Gasteiger partial charge in [-0.05, 0) is 61.0 Å². The van der Waals surface area contributed by atoms with Crippen molar-refractivity contribution in [2.75, 3.05) is 11.1 Å². The van der Waals surface area contributed by atoms with E-state index in [4.69, 9.17) is 11.6 Å². The van der Waals surface area contributed by atoms with Gasteiger partial charge < -0.3 is 5.32 Å². The first kappa shape index (κ1) is 21.6. The molecule has 2 aromatic carbocycles. The highest BCUT2D eigenvalue weighted by Crippen LogP contribution is 2.28. The normalized spacial score (nSPS) is 11.1. The topological polar surface area (TPSA) is 64.0 Å². The number of anilines is 1. The summed E-state index contributed by atoms with van der Waals surface area (Å²) in [5, 5.41) is 5.70. The van der Waals surface area contributed by atoms with Crippen molar-refractivity contribution in [1.82, 2.24) is 9.55 Å². The highest BCUT2D eigenvalue weighted by Gasteiger charge is 2.18. The highest BCUT2D eigenvalue weighted by atomic mass is 35.5. The molecule has 0 aliphatic heterocycles. The maximum absolute atomic E-state index is 13.3. The Morgan fingerprint density at radius 1 is 1.13 bits per heavy atom. The fourth-order valence-electron chi connectivity index (χ4n) is 3.27. The van der Waals surface area contributed by atoms with E-state index in [2.05, 4.69) is 10.3 Å². The number of aryl methyl sites for hydroxylation is 2. The number of nitrogens with one attached hydrogen (secondary N) is 1. The van der Waals surface area contributed by atoms with Crippen LogP contribution in [-0.4, -0.2) is 21.2 Å². The fourth-order valence-corrected chi connectivity index (χ4v) is 5.11. The van der Waals surface area contributed by atoms with E-state index in [0.717, 1.165) is 22.4 Å². The van der Waals surface area contributed by atoms with Gasteiger partial charge in [-0.1, -0.05) is 47.6 Å². The number of thiophene rings is 1. The summed E-state index contributed by atoms with van der Waals surface area (Å²) in [5.41, 5.74) is 4.86. The summed E-state index contributed by atoms with van der Waals surface area (Å²) in [6.45, 7) is 5.88. The molecule has 158 valence electrons. The first-order chi connectivity index (χ1) is 14.9. The number of halogens is 1. The van der Waals surface area contributed by atoms with Crippen LogP contribution in [0.2, 0.25) is 5.02 Å². The van der Waals surface area contributed by atoms with Crippen molar-refractivity contribution in [1.29, 1.82) is 0 Å². The summed E-state index contributed by atoms with van der Waals surface area (Å²) in [6.07, 6.45) is 0. The number of hydrogen-bond acceptors (Lipinski definition) is 5. The quantitative estimate of drug-likeness (QED) is 0.298. The van der Waals surface area contributed by atoms with Gasteiger partial charge in [0.05, 0.1) is 27.7 Å². The molecule has 0 saturated heterocycles. The Morgan fingerprint density at radius 3 is 2.65 bits per heavy atom. The molecular weight excluding hydrogens is 450 g/mol. The molecule has 0 atom stereocenters. The van der Waals surface area contributed by atoms with Gasteiger partial charge in [-0.15, -0.1) is 11.3 Å². The largest absolute Gasteiger partial charge is 0.324 e. The van der Waals surface area contributed by atoms with Gasteiger partial charge in [0.25, 0.3) is 5.56 Å². The summed E-state index contributed by atoms with van der Waals surface area (Å²) in [7, 11) is 0. The number of carbonyl (C=O) groups excluding carboxylic acids is 1. The van der Waals surface area contributed by atoms with Crippen LogP contribution >= 0.6 is 34.7 Å². The number of aromatic nitrogens is 2. The van der Waals surface area contributed by atoms with Crippen molar-refractivity contribution >= 4 is 56.5 Å². The molecule has 4 aromatic rings. The number of para-hydroxylation sites is 1. The third kappa shape index (κ3) is 4.26. The maximum Gasteiger partial charge on any atom is 0.276 e. The van der Waals surface area contributed by atoms with E-state index in [-0.39, 0.29) is 17.2 Å². The van der Waals surface area contributed by atoms with Crippen LogP contribution in [0.3, 0.4) is 0 Å². The van der Waals surface area contributed by atoms with Crippen molar-refractivity contribution in [3.05, 3.63) is 79.9 Å². The van der Waals surface area contributed by atoms with Crippen LogP contribution in [0.1, 0.15) is 16.7 Å². The minimum atomic E-state index is -0.214. The molecule has 5 nitrogen and oxygen atoms in total. The molecule has 0 radical (unpaired) electrons. The van der Waals surface area contributed by atoms with E-state index in [1.165, 1.54) is 23.1 Å². The second-order valence-corrected chi connectivity index (χ2v) is 9.42. The van der Waals surface area contributed by atoms with Gasteiger partial charge in [0, 0.05) is 0 Å². The Hall–Kier alpha value is -2.61. The first-order valence-corrected chi connectivity index (χ1v) is 11.9. The Kier molecular flexibility index (Phi) is 6.18. The van der Waals surface area contributed by atoms with Crippen LogP contribution in [0, 0.1) is 20.8 Å². The molecule has 0 unspecified atom stereocenters. The summed E-state index contributed by atoms with van der Waals surface area (Å²) in [4.78, 5) is 30.6. The lowest BCUT2D eigenvalue weighted by molar-refractivity contribution is -0.113. The molecule has 8 heteroatoms. The van der Waals surface area contributed by atoms with Crippen molar-refractivity contribution in [3.8, 4) is 5.69 Å². The number of amides is 1. The minimum Gasteiger partial charge on any atom is -0.324 e. The van der Waals surface area contributed by atoms with Gasteiger partial charge >= 0.3 is 0 Å². The van der Waals surface area contributed by atoms with Crippen LogP contribution in [0.4, 0.5) is 5.69 Å². The van der Waals surface area contributed by atoms with E-state index in [1.807, 2.05) is 62.5 Å². The number of thioether (sulfide) groups is 1. The Balaban J connectivity index is 1.70. The molecule has 0 aliphatic carbocycles. The number of benzene rings is 2. The van der Waals surface area contributed by atoms with E-state index in [9.17, 15) is 9.59 Å². The third-order valence-electron chi connectivity index (χ3n) is 5.08.